The summed E-state index contributed by atoms with van der Waals surface area (Å²) in [5.74, 6) is 2.47. The molecule has 0 bridgehead atoms. The zero-order valence-electron chi connectivity index (χ0n) is 15.2. The van der Waals surface area contributed by atoms with Crippen molar-refractivity contribution in [2.75, 3.05) is 13.2 Å². The van der Waals surface area contributed by atoms with Crippen molar-refractivity contribution in [3.8, 4) is 5.75 Å². The van der Waals surface area contributed by atoms with Crippen molar-refractivity contribution in [3.05, 3.63) is 47.7 Å². The number of benzene rings is 1. The number of hydrazone groups is 1. The molecule has 25 heavy (non-hydrogen) atoms. The summed E-state index contributed by atoms with van der Waals surface area (Å²) < 4.78 is 5.90. The smallest absolute Gasteiger partial charge is 0.119 e. The Balaban J connectivity index is 1.43. The highest BCUT2D eigenvalue weighted by atomic mass is 16.5. The van der Waals surface area contributed by atoms with Crippen LogP contribution in [0.25, 0.3) is 6.08 Å². The minimum Gasteiger partial charge on any atom is -0.493 e. The van der Waals surface area contributed by atoms with E-state index in [1.54, 1.807) is 0 Å². The summed E-state index contributed by atoms with van der Waals surface area (Å²) in [4.78, 5) is 0. The van der Waals surface area contributed by atoms with Gasteiger partial charge in [0.05, 0.1) is 12.3 Å². The van der Waals surface area contributed by atoms with Gasteiger partial charge in [0, 0.05) is 18.2 Å². The summed E-state index contributed by atoms with van der Waals surface area (Å²) in [6.45, 7) is 4.10. The molecular weight excluding hydrogens is 308 g/mol. The van der Waals surface area contributed by atoms with Crippen LogP contribution in [0.3, 0.4) is 0 Å². The van der Waals surface area contributed by atoms with E-state index in [1.165, 1.54) is 49.1 Å². The molecular formula is C22H28N2O. The molecule has 1 heterocycles. The van der Waals surface area contributed by atoms with Gasteiger partial charge in [-0.1, -0.05) is 37.6 Å². The predicted molar refractivity (Wildman–Crippen MR) is 104 cm³/mol. The van der Waals surface area contributed by atoms with Gasteiger partial charge in [-0.2, -0.15) is 5.10 Å². The minimum atomic E-state index is 0.703. The fraction of sp³-hybridized carbons (Fsp3) is 0.500. The van der Waals surface area contributed by atoms with Crippen LogP contribution in [-0.4, -0.2) is 23.9 Å². The fourth-order valence-electron chi connectivity index (χ4n) is 3.15. The molecule has 1 aliphatic heterocycles. The minimum absolute atomic E-state index is 0.703. The normalized spacial score (nSPS) is 22.3. The molecule has 0 saturated heterocycles. The van der Waals surface area contributed by atoms with Gasteiger partial charge in [-0.25, -0.2) is 0 Å². The Morgan fingerprint density at radius 2 is 2.20 bits per heavy atom. The van der Waals surface area contributed by atoms with Gasteiger partial charge in [0.1, 0.15) is 5.75 Å². The van der Waals surface area contributed by atoms with Gasteiger partial charge in [-0.05, 0) is 61.8 Å². The average Bonchev–Trinajstić information content (AvgIpc) is 3.52. The lowest BCUT2D eigenvalue weighted by Gasteiger charge is -2.19. The molecule has 0 N–H and O–H groups in total. The van der Waals surface area contributed by atoms with Crippen molar-refractivity contribution >= 4 is 11.8 Å². The molecule has 0 amide bonds. The van der Waals surface area contributed by atoms with Crippen LogP contribution >= 0.6 is 0 Å². The second-order valence-electron chi connectivity index (χ2n) is 7.49. The Bertz CT molecular complexity index is 700. The van der Waals surface area contributed by atoms with E-state index in [0.29, 0.717) is 5.92 Å². The number of unbranched alkanes of at least 4 members (excludes halogenated alkanes) is 1. The number of ether oxygens (including phenoxy) is 1. The molecule has 0 aromatic heterocycles. The molecule has 2 aliphatic carbocycles. The molecule has 3 heteroatoms. The van der Waals surface area contributed by atoms with Crippen molar-refractivity contribution in [3.63, 3.8) is 0 Å². The lowest BCUT2D eigenvalue weighted by molar-refractivity contribution is 0.300. The lowest BCUT2D eigenvalue weighted by Crippen LogP contribution is -2.17. The van der Waals surface area contributed by atoms with Gasteiger partial charge in [-0.15, -0.1) is 0 Å². The molecule has 3 nitrogen and oxygen atoms in total. The third-order valence-electron chi connectivity index (χ3n) is 5.14. The topological polar surface area (TPSA) is 24.8 Å². The molecule has 2 fully saturated rings. The van der Waals surface area contributed by atoms with E-state index in [2.05, 4.69) is 54.4 Å². The zero-order valence-corrected chi connectivity index (χ0v) is 15.2. The number of fused-ring (bicyclic) bond motifs is 1. The molecule has 1 atom stereocenters. The van der Waals surface area contributed by atoms with Gasteiger partial charge in [0.2, 0.25) is 0 Å². The summed E-state index contributed by atoms with van der Waals surface area (Å²) in [6.07, 6.45) is 14.1. The first kappa shape index (κ1) is 16.4. The van der Waals surface area contributed by atoms with Gasteiger partial charge in [0.15, 0.2) is 0 Å². The summed E-state index contributed by atoms with van der Waals surface area (Å²) in [5.41, 5.74) is 3.80. The molecule has 1 unspecified atom stereocenters. The molecule has 1 aromatic carbocycles. The van der Waals surface area contributed by atoms with Gasteiger partial charge in [-0.3, -0.25) is 5.01 Å². The molecule has 132 valence electrons. The fourth-order valence-corrected chi connectivity index (χ4v) is 3.15. The first-order chi connectivity index (χ1) is 12.3. The first-order valence-electron chi connectivity index (χ1n) is 9.78. The van der Waals surface area contributed by atoms with Crippen LogP contribution in [0.2, 0.25) is 0 Å². The van der Waals surface area contributed by atoms with E-state index >= 15 is 0 Å². The van der Waals surface area contributed by atoms with Gasteiger partial charge in [0.25, 0.3) is 0 Å². The van der Waals surface area contributed by atoms with Crippen LogP contribution in [0.1, 0.15) is 51.0 Å². The highest BCUT2D eigenvalue weighted by Gasteiger charge is 2.33. The maximum absolute atomic E-state index is 5.90. The Kier molecular flexibility index (Phi) is 4.91. The van der Waals surface area contributed by atoms with E-state index in [-0.39, 0.29) is 0 Å². The summed E-state index contributed by atoms with van der Waals surface area (Å²) in [7, 11) is 0. The molecule has 0 spiro atoms. The maximum atomic E-state index is 5.90. The van der Waals surface area contributed by atoms with Crippen LogP contribution in [0.5, 0.6) is 5.75 Å². The number of hydrogen-bond donors (Lipinski definition) is 0. The van der Waals surface area contributed by atoms with E-state index in [0.717, 1.165) is 31.2 Å². The summed E-state index contributed by atoms with van der Waals surface area (Å²) in [6, 6.07) is 8.40. The van der Waals surface area contributed by atoms with E-state index in [4.69, 9.17) is 9.84 Å². The van der Waals surface area contributed by atoms with Crippen LogP contribution in [0.4, 0.5) is 0 Å². The highest BCUT2D eigenvalue weighted by molar-refractivity contribution is 6.01. The van der Waals surface area contributed by atoms with Crippen LogP contribution in [0.15, 0.2) is 47.2 Å². The van der Waals surface area contributed by atoms with Crippen LogP contribution in [-0.2, 0) is 0 Å². The largest absolute Gasteiger partial charge is 0.493 e. The number of allylic oxidation sites excluding steroid dienone is 2. The third-order valence-corrected chi connectivity index (χ3v) is 5.14. The number of nitrogens with zero attached hydrogens (tertiary/aromatic N) is 2. The highest BCUT2D eigenvalue weighted by Crippen LogP contribution is 2.35. The SMILES string of the molecule is CCCCN1N=C2CC2CC=C1/C=C/c1cccc(OCC2CC2)c1. The second-order valence-corrected chi connectivity index (χ2v) is 7.49. The second kappa shape index (κ2) is 7.47. The quantitative estimate of drug-likeness (QED) is 0.647. The summed E-state index contributed by atoms with van der Waals surface area (Å²) >= 11 is 0. The monoisotopic (exact) mass is 336 g/mol. The first-order valence-corrected chi connectivity index (χ1v) is 9.78. The van der Waals surface area contributed by atoms with E-state index in [1.807, 2.05) is 0 Å². The van der Waals surface area contributed by atoms with Crippen molar-refractivity contribution in [2.24, 2.45) is 16.9 Å². The number of rotatable bonds is 8. The van der Waals surface area contributed by atoms with Crippen molar-refractivity contribution in [2.45, 2.75) is 45.4 Å². The lowest BCUT2D eigenvalue weighted by atomic mass is 10.1. The van der Waals surface area contributed by atoms with Crippen molar-refractivity contribution < 1.29 is 4.74 Å². The Hall–Kier alpha value is -2.03. The molecule has 3 aliphatic rings. The number of hydrogen-bond acceptors (Lipinski definition) is 3. The molecule has 2 saturated carbocycles. The Labute approximate surface area is 151 Å². The van der Waals surface area contributed by atoms with Gasteiger partial charge >= 0.3 is 0 Å². The Morgan fingerprint density at radius 3 is 3.04 bits per heavy atom. The molecule has 4 rings (SSSR count). The average molecular weight is 336 g/mol. The maximum Gasteiger partial charge on any atom is 0.119 e. The van der Waals surface area contributed by atoms with Crippen LogP contribution < -0.4 is 4.74 Å². The van der Waals surface area contributed by atoms with E-state index < -0.39 is 0 Å². The Morgan fingerprint density at radius 1 is 1.28 bits per heavy atom. The predicted octanol–water partition coefficient (Wildman–Crippen LogP) is 5.25. The van der Waals surface area contributed by atoms with Crippen molar-refractivity contribution in [1.82, 2.24) is 5.01 Å². The van der Waals surface area contributed by atoms with Gasteiger partial charge < -0.3 is 4.74 Å². The zero-order chi connectivity index (χ0) is 17.1. The standard InChI is InChI=1S/C22H28N2O/c1-2-3-13-24-20(12-10-19-15-22(19)23-24)11-9-17-5-4-6-21(14-17)25-16-18-7-8-18/h4-6,9,11-12,14,18-19H,2-3,7-8,10,13,15-16H2,1H3/b11-9+. The summed E-state index contributed by atoms with van der Waals surface area (Å²) in [5, 5.41) is 7.06. The third kappa shape index (κ3) is 4.53. The molecule has 1 aromatic rings. The molecule has 0 radical (unpaired) electrons. The van der Waals surface area contributed by atoms with E-state index in [9.17, 15) is 0 Å². The van der Waals surface area contributed by atoms with Crippen molar-refractivity contribution in [1.29, 1.82) is 0 Å². The van der Waals surface area contributed by atoms with Crippen LogP contribution in [0, 0.1) is 11.8 Å².